The number of aliphatic hydroxyl groups is 2. The van der Waals surface area contributed by atoms with Crippen LogP contribution in [0.4, 0.5) is 0 Å². The van der Waals surface area contributed by atoms with Crippen LogP contribution in [0.2, 0.25) is 0 Å². The summed E-state index contributed by atoms with van der Waals surface area (Å²) < 4.78 is 0. The van der Waals surface area contributed by atoms with E-state index in [-0.39, 0.29) is 12.2 Å². The predicted molar refractivity (Wildman–Crippen MR) is 80.9 cm³/mol. The fourth-order valence-corrected chi connectivity index (χ4v) is 1.75. The molecule has 2 unspecified atom stereocenters. The highest BCUT2D eigenvalue weighted by Gasteiger charge is 1.99. The lowest BCUT2D eigenvalue weighted by Gasteiger charge is -2.06. The third-order valence-corrected chi connectivity index (χ3v) is 3.12. The molecule has 0 amide bonds. The first-order valence-corrected chi connectivity index (χ1v) is 7.98. The summed E-state index contributed by atoms with van der Waals surface area (Å²) in [7, 11) is 0. The zero-order valence-corrected chi connectivity index (χ0v) is 13.1. The van der Waals surface area contributed by atoms with Crippen molar-refractivity contribution in [3.8, 4) is 0 Å². The van der Waals surface area contributed by atoms with Gasteiger partial charge in [0.2, 0.25) is 0 Å². The largest absolute Gasteiger partial charge is 0.393 e. The summed E-state index contributed by atoms with van der Waals surface area (Å²) in [6, 6.07) is 0. The maximum Gasteiger partial charge on any atom is 0.0540 e. The van der Waals surface area contributed by atoms with Crippen molar-refractivity contribution in [2.45, 2.75) is 104 Å². The summed E-state index contributed by atoms with van der Waals surface area (Å²) in [6.07, 6.45) is 10.9. The highest BCUT2D eigenvalue weighted by atomic mass is 16.3. The van der Waals surface area contributed by atoms with Gasteiger partial charge in [0.05, 0.1) is 12.2 Å². The summed E-state index contributed by atoms with van der Waals surface area (Å²) in [5.74, 6) is 0. The quantitative estimate of drug-likeness (QED) is 0.560. The second-order valence-electron chi connectivity index (χ2n) is 5.14. The van der Waals surface area contributed by atoms with Crippen molar-refractivity contribution in [2.24, 2.45) is 0 Å². The number of rotatable bonds is 10. The average Bonchev–Trinajstić information content (AvgIpc) is 2.37. The van der Waals surface area contributed by atoms with Gasteiger partial charge in [0.15, 0.2) is 0 Å². The maximum atomic E-state index is 9.18. The lowest BCUT2D eigenvalue weighted by atomic mass is 10.1. The molecule has 0 rings (SSSR count). The molecule has 18 heavy (non-hydrogen) atoms. The van der Waals surface area contributed by atoms with E-state index in [1.54, 1.807) is 0 Å². The summed E-state index contributed by atoms with van der Waals surface area (Å²) in [5, 5.41) is 18.3. The normalized spacial score (nSPS) is 13.7. The van der Waals surface area contributed by atoms with E-state index in [1.807, 2.05) is 6.92 Å². The van der Waals surface area contributed by atoms with Gasteiger partial charge in [-0.3, -0.25) is 0 Å². The molecule has 2 heteroatoms. The number of unbranched alkanes of at least 4 members (excludes halogenated alkanes) is 3. The molecule has 0 saturated carbocycles. The number of hydrogen-bond donors (Lipinski definition) is 2. The molecule has 0 heterocycles. The van der Waals surface area contributed by atoms with Gasteiger partial charge >= 0.3 is 0 Å². The molecule has 0 aliphatic heterocycles. The van der Waals surface area contributed by atoms with Crippen LogP contribution in [0.15, 0.2) is 0 Å². The van der Waals surface area contributed by atoms with Crippen LogP contribution in [0.5, 0.6) is 0 Å². The minimum absolute atomic E-state index is 0.0325. The van der Waals surface area contributed by atoms with Gasteiger partial charge in [0.25, 0.3) is 0 Å². The molecule has 0 saturated heterocycles. The first-order valence-electron chi connectivity index (χ1n) is 7.98. The SMILES string of the molecule is CCCCC(O)CCC.CCCCCC(O)CC. The van der Waals surface area contributed by atoms with E-state index in [0.717, 1.165) is 32.1 Å². The molecular weight excluding hydrogens is 224 g/mol. The first-order chi connectivity index (χ1) is 8.62. The third-order valence-electron chi connectivity index (χ3n) is 3.12. The Hall–Kier alpha value is -0.0800. The Morgan fingerprint density at radius 1 is 0.611 bits per heavy atom. The van der Waals surface area contributed by atoms with E-state index >= 15 is 0 Å². The topological polar surface area (TPSA) is 40.5 Å². The molecule has 0 aliphatic carbocycles. The molecule has 0 aliphatic rings. The molecule has 0 aromatic heterocycles. The van der Waals surface area contributed by atoms with Gasteiger partial charge in [0.1, 0.15) is 0 Å². The molecule has 0 spiro atoms. The van der Waals surface area contributed by atoms with Gasteiger partial charge in [0, 0.05) is 0 Å². The fraction of sp³-hybridized carbons (Fsp3) is 1.00. The second kappa shape index (κ2) is 16.9. The van der Waals surface area contributed by atoms with Gasteiger partial charge < -0.3 is 10.2 Å². The van der Waals surface area contributed by atoms with Gasteiger partial charge in [-0.1, -0.05) is 66.2 Å². The standard InChI is InChI=1S/2C8H18O/c1-3-5-6-7-8(9)4-2;1-3-5-7-8(9)6-4-2/h2*8-9H,3-7H2,1-2H3. The van der Waals surface area contributed by atoms with Crippen LogP contribution in [0, 0.1) is 0 Å². The number of aliphatic hydroxyl groups excluding tert-OH is 2. The molecular formula is C16H36O2. The van der Waals surface area contributed by atoms with Crippen molar-refractivity contribution >= 4 is 0 Å². The van der Waals surface area contributed by atoms with Crippen molar-refractivity contribution < 1.29 is 10.2 Å². The van der Waals surface area contributed by atoms with Crippen molar-refractivity contribution in [3.05, 3.63) is 0 Å². The monoisotopic (exact) mass is 260 g/mol. The van der Waals surface area contributed by atoms with Crippen LogP contribution in [0.3, 0.4) is 0 Å². The van der Waals surface area contributed by atoms with Crippen LogP contribution < -0.4 is 0 Å². The van der Waals surface area contributed by atoms with Crippen molar-refractivity contribution in [1.29, 1.82) is 0 Å². The molecule has 0 aromatic carbocycles. The Morgan fingerprint density at radius 2 is 1.17 bits per heavy atom. The zero-order chi connectivity index (χ0) is 14.2. The maximum absolute atomic E-state index is 9.18. The van der Waals surface area contributed by atoms with E-state index in [1.165, 1.54) is 32.1 Å². The second-order valence-corrected chi connectivity index (χ2v) is 5.14. The molecule has 2 nitrogen and oxygen atoms in total. The Morgan fingerprint density at radius 3 is 1.61 bits per heavy atom. The number of hydrogen-bond acceptors (Lipinski definition) is 2. The van der Waals surface area contributed by atoms with Gasteiger partial charge in [-0.25, -0.2) is 0 Å². The average molecular weight is 260 g/mol. The van der Waals surface area contributed by atoms with E-state index in [9.17, 15) is 5.11 Å². The van der Waals surface area contributed by atoms with Gasteiger partial charge in [-0.15, -0.1) is 0 Å². The van der Waals surface area contributed by atoms with Crippen molar-refractivity contribution in [1.82, 2.24) is 0 Å². The Balaban J connectivity index is 0. The Bertz CT molecular complexity index is 137. The van der Waals surface area contributed by atoms with Crippen LogP contribution in [0.1, 0.15) is 91.9 Å². The highest BCUT2D eigenvalue weighted by molar-refractivity contribution is 4.53. The Kier molecular flexibility index (Phi) is 19.0. The molecule has 2 N–H and O–H groups in total. The van der Waals surface area contributed by atoms with Crippen LogP contribution in [0.25, 0.3) is 0 Å². The van der Waals surface area contributed by atoms with Crippen molar-refractivity contribution in [2.75, 3.05) is 0 Å². The summed E-state index contributed by atoms with van der Waals surface area (Å²) >= 11 is 0. The van der Waals surface area contributed by atoms with E-state index in [4.69, 9.17) is 5.11 Å². The third kappa shape index (κ3) is 18.3. The minimum Gasteiger partial charge on any atom is -0.393 e. The molecule has 0 fully saturated rings. The summed E-state index contributed by atoms with van der Waals surface area (Å²) in [4.78, 5) is 0. The first kappa shape index (κ1) is 20.2. The molecule has 0 radical (unpaired) electrons. The van der Waals surface area contributed by atoms with Gasteiger partial charge in [-0.2, -0.15) is 0 Å². The van der Waals surface area contributed by atoms with Gasteiger partial charge in [-0.05, 0) is 25.7 Å². The fourth-order valence-electron chi connectivity index (χ4n) is 1.75. The van der Waals surface area contributed by atoms with Crippen LogP contribution in [-0.2, 0) is 0 Å². The lowest BCUT2D eigenvalue weighted by Crippen LogP contribution is -2.04. The van der Waals surface area contributed by atoms with E-state index < -0.39 is 0 Å². The summed E-state index contributed by atoms with van der Waals surface area (Å²) in [6.45, 7) is 8.46. The summed E-state index contributed by atoms with van der Waals surface area (Å²) in [5.41, 5.74) is 0. The molecule has 2 atom stereocenters. The predicted octanol–water partition coefficient (Wildman–Crippen LogP) is 4.68. The zero-order valence-electron chi connectivity index (χ0n) is 13.1. The van der Waals surface area contributed by atoms with Crippen LogP contribution >= 0.6 is 0 Å². The highest BCUT2D eigenvalue weighted by Crippen LogP contribution is 2.05. The van der Waals surface area contributed by atoms with Crippen LogP contribution in [-0.4, -0.2) is 22.4 Å². The minimum atomic E-state index is -0.0449. The Labute approximate surface area is 115 Å². The van der Waals surface area contributed by atoms with Crippen molar-refractivity contribution in [3.63, 3.8) is 0 Å². The smallest absolute Gasteiger partial charge is 0.0540 e. The lowest BCUT2D eigenvalue weighted by molar-refractivity contribution is 0.150. The molecule has 0 aromatic rings. The van der Waals surface area contributed by atoms with E-state index in [0.29, 0.717) is 0 Å². The molecule has 112 valence electrons. The molecule has 0 bridgehead atoms. The van der Waals surface area contributed by atoms with E-state index in [2.05, 4.69) is 20.8 Å².